The van der Waals surface area contributed by atoms with Crippen LogP contribution in [0, 0.1) is 0 Å². The molecule has 0 atom stereocenters. The second-order valence-electron chi connectivity index (χ2n) is 9.62. The number of hydrogen-bond acceptors (Lipinski definition) is 5. The number of carbonyl (C=O) groups is 2. The van der Waals surface area contributed by atoms with Gasteiger partial charge >= 0.3 is 5.97 Å². The second-order valence-corrected chi connectivity index (χ2v) is 10.5. The smallest absolute Gasteiger partial charge is 0.303 e. The van der Waals surface area contributed by atoms with Gasteiger partial charge in [-0.15, -0.1) is 0 Å². The summed E-state index contributed by atoms with van der Waals surface area (Å²) in [6.07, 6.45) is 0.818. The maximum atomic E-state index is 12.6. The van der Waals surface area contributed by atoms with Gasteiger partial charge in [0.25, 0.3) is 0 Å². The SMILES string of the molecule is CN(C)CCC(=O)N(C)c1ccc(N=C(c2cccc(CCC(=O)O)c2)c2c(O)[nH]c3cc(Br)ccc23)cc1. The summed E-state index contributed by atoms with van der Waals surface area (Å²) in [5.41, 5.74) is 4.85. The highest BCUT2D eigenvalue weighted by molar-refractivity contribution is 9.10. The van der Waals surface area contributed by atoms with Gasteiger partial charge in [-0.1, -0.05) is 40.2 Å². The van der Waals surface area contributed by atoms with Crippen molar-refractivity contribution >= 4 is 55.8 Å². The van der Waals surface area contributed by atoms with Gasteiger partial charge in [-0.3, -0.25) is 9.59 Å². The van der Waals surface area contributed by atoms with Crippen molar-refractivity contribution in [3.63, 3.8) is 0 Å². The fourth-order valence-corrected chi connectivity index (χ4v) is 4.66. The van der Waals surface area contributed by atoms with Gasteiger partial charge in [-0.2, -0.15) is 0 Å². The first-order valence-corrected chi connectivity index (χ1v) is 13.3. The van der Waals surface area contributed by atoms with Crippen molar-refractivity contribution in [3.8, 4) is 5.88 Å². The van der Waals surface area contributed by atoms with E-state index in [0.29, 0.717) is 36.3 Å². The van der Waals surface area contributed by atoms with Crippen molar-refractivity contribution in [2.45, 2.75) is 19.3 Å². The molecule has 0 saturated heterocycles. The Morgan fingerprint density at radius 2 is 1.72 bits per heavy atom. The summed E-state index contributed by atoms with van der Waals surface area (Å²) < 4.78 is 0.872. The zero-order chi connectivity index (χ0) is 28.1. The molecule has 4 aromatic rings. The average Bonchev–Trinajstić information content (AvgIpc) is 3.23. The predicted molar refractivity (Wildman–Crippen MR) is 158 cm³/mol. The van der Waals surface area contributed by atoms with E-state index in [9.17, 15) is 14.7 Å². The van der Waals surface area contributed by atoms with E-state index < -0.39 is 5.97 Å². The van der Waals surface area contributed by atoms with Crippen LogP contribution < -0.4 is 4.90 Å². The Morgan fingerprint density at radius 1 is 0.974 bits per heavy atom. The van der Waals surface area contributed by atoms with Gasteiger partial charge in [0.05, 0.1) is 22.5 Å². The van der Waals surface area contributed by atoms with Crippen molar-refractivity contribution < 1.29 is 19.8 Å². The van der Waals surface area contributed by atoms with Gasteiger partial charge in [0.1, 0.15) is 0 Å². The van der Waals surface area contributed by atoms with Crippen LogP contribution >= 0.6 is 15.9 Å². The van der Waals surface area contributed by atoms with Gasteiger partial charge in [0.15, 0.2) is 5.88 Å². The molecule has 0 unspecified atom stereocenters. The number of anilines is 1. The van der Waals surface area contributed by atoms with E-state index in [2.05, 4.69) is 20.9 Å². The number of benzene rings is 3. The maximum absolute atomic E-state index is 12.6. The van der Waals surface area contributed by atoms with E-state index in [1.165, 1.54) is 0 Å². The number of H-pyrrole nitrogens is 1. The Hall–Kier alpha value is -3.95. The zero-order valence-electron chi connectivity index (χ0n) is 22.1. The lowest BCUT2D eigenvalue weighted by molar-refractivity contribution is -0.137. The molecule has 8 nitrogen and oxygen atoms in total. The van der Waals surface area contributed by atoms with Gasteiger partial charge in [-0.05, 0) is 68.5 Å². The lowest BCUT2D eigenvalue weighted by Gasteiger charge is -2.19. The maximum Gasteiger partial charge on any atom is 0.303 e. The number of carboxylic acids is 1. The molecule has 1 amide bonds. The number of aromatic nitrogens is 1. The molecule has 1 aromatic heterocycles. The van der Waals surface area contributed by atoms with Crippen molar-refractivity contribution in [1.29, 1.82) is 0 Å². The van der Waals surface area contributed by atoms with Crippen LogP contribution in [0.15, 0.2) is 76.2 Å². The highest BCUT2D eigenvalue weighted by Gasteiger charge is 2.20. The summed E-state index contributed by atoms with van der Waals surface area (Å²) >= 11 is 3.48. The van der Waals surface area contributed by atoms with E-state index in [4.69, 9.17) is 10.1 Å². The fourth-order valence-electron chi connectivity index (χ4n) is 4.30. The molecule has 3 aromatic carbocycles. The summed E-state index contributed by atoms with van der Waals surface area (Å²) in [5.74, 6) is -0.853. The number of aromatic amines is 1. The van der Waals surface area contributed by atoms with Crippen molar-refractivity contribution in [2.24, 2.45) is 4.99 Å². The molecule has 3 N–H and O–H groups in total. The van der Waals surface area contributed by atoms with Crippen LogP contribution in [0.5, 0.6) is 5.88 Å². The number of rotatable bonds is 10. The average molecular weight is 592 g/mol. The van der Waals surface area contributed by atoms with E-state index in [1.807, 2.05) is 85.7 Å². The molecule has 0 bridgehead atoms. The molecule has 0 spiro atoms. The molecule has 4 rings (SSSR count). The lowest BCUT2D eigenvalue weighted by Crippen LogP contribution is -2.29. The minimum atomic E-state index is -0.862. The summed E-state index contributed by atoms with van der Waals surface area (Å²) in [6.45, 7) is 0.672. The number of hydrogen-bond donors (Lipinski definition) is 3. The topological polar surface area (TPSA) is 109 Å². The first kappa shape index (κ1) is 28.1. The van der Waals surface area contributed by atoms with Crippen LogP contribution in [-0.4, -0.2) is 65.4 Å². The third-order valence-electron chi connectivity index (χ3n) is 6.43. The Balaban J connectivity index is 1.75. The van der Waals surface area contributed by atoms with E-state index in [-0.39, 0.29) is 18.2 Å². The molecular formula is C30H31BrN4O4. The highest BCUT2D eigenvalue weighted by Crippen LogP contribution is 2.33. The number of nitrogens with zero attached hydrogens (tertiary/aromatic N) is 3. The first-order chi connectivity index (χ1) is 18.6. The number of carboxylic acid groups (broad SMARTS) is 1. The quantitative estimate of drug-likeness (QED) is 0.204. The van der Waals surface area contributed by atoms with Crippen molar-refractivity contribution in [2.75, 3.05) is 32.6 Å². The summed E-state index contributed by atoms with van der Waals surface area (Å²) in [5, 5.41) is 20.9. The highest BCUT2D eigenvalue weighted by atomic mass is 79.9. The first-order valence-electron chi connectivity index (χ1n) is 12.5. The molecule has 0 radical (unpaired) electrons. The van der Waals surface area contributed by atoms with Gasteiger partial charge in [-0.25, -0.2) is 4.99 Å². The number of aliphatic imine (C=N–C) groups is 1. The molecule has 0 aliphatic heterocycles. The monoisotopic (exact) mass is 590 g/mol. The van der Waals surface area contributed by atoms with Crippen LogP contribution in [0.1, 0.15) is 29.5 Å². The van der Waals surface area contributed by atoms with Crippen molar-refractivity contribution in [1.82, 2.24) is 9.88 Å². The third-order valence-corrected chi connectivity index (χ3v) is 6.92. The summed E-state index contributed by atoms with van der Waals surface area (Å²) in [7, 11) is 5.63. The molecule has 0 aliphatic rings. The van der Waals surface area contributed by atoms with Crippen LogP contribution in [0.4, 0.5) is 11.4 Å². The Labute approximate surface area is 235 Å². The van der Waals surface area contributed by atoms with Crippen LogP contribution in [0.2, 0.25) is 0 Å². The number of carbonyl (C=O) groups excluding carboxylic acids is 1. The molecule has 1 heterocycles. The minimum Gasteiger partial charge on any atom is -0.494 e. The largest absolute Gasteiger partial charge is 0.494 e. The second kappa shape index (κ2) is 12.3. The molecule has 0 saturated carbocycles. The minimum absolute atomic E-state index is 0.0133. The number of aryl methyl sites for hydroxylation is 1. The predicted octanol–water partition coefficient (Wildman–Crippen LogP) is 5.74. The number of nitrogens with one attached hydrogen (secondary N) is 1. The molecule has 202 valence electrons. The summed E-state index contributed by atoms with van der Waals surface area (Å²) in [4.78, 5) is 35.3. The number of fused-ring (bicyclic) bond motifs is 1. The van der Waals surface area contributed by atoms with E-state index in [0.717, 1.165) is 32.2 Å². The van der Waals surface area contributed by atoms with Crippen LogP contribution in [0.25, 0.3) is 10.9 Å². The van der Waals surface area contributed by atoms with E-state index in [1.54, 1.807) is 11.9 Å². The van der Waals surface area contributed by atoms with Gasteiger partial charge in [0, 0.05) is 47.5 Å². The van der Waals surface area contributed by atoms with Crippen molar-refractivity contribution in [3.05, 3.63) is 87.9 Å². The number of halogens is 1. The lowest BCUT2D eigenvalue weighted by atomic mass is 9.98. The molecule has 0 fully saturated rings. The van der Waals surface area contributed by atoms with Gasteiger partial charge in [0.2, 0.25) is 5.91 Å². The zero-order valence-corrected chi connectivity index (χ0v) is 23.7. The Bertz CT molecular complexity index is 1530. The molecule has 0 aliphatic carbocycles. The Morgan fingerprint density at radius 3 is 2.41 bits per heavy atom. The number of aromatic hydroxyl groups is 1. The van der Waals surface area contributed by atoms with Crippen LogP contribution in [-0.2, 0) is 16.0 Å². The standard InChI is InChI=1S/C30H31BrN4O4/c1-34(2)16-15-26(36)35(3)23-11-9-22(10-12-23)32-29(20-6-4-5-19(17-20)7-14-27(37)38)28-24-13-8-21(31)18-25(24)33-30(28)39/h4-6,8-13,17-18,33,39H,7,14-16H2,1-3H3,(H,37,38). The summed E-state index contributed by atoms with van der Waals surface area (Å²) in [6, 6.07) is 20.6. The Kier molecular flexibility index (Phi) is 8.83. The molecule has 9 heteroatoms. The normalized spacial score (nSPS) is 11.8. The fraction of sp³-hybridized carbons (Fsp3) is 0.233. The number of amides is 1. The van der Waals surface area contributed by atoms with E-state index >= 15 is 0 Å². The van der Waals surface area contributed by atoms with Crippen LogP contribution in [0.3, 0.4) is 0 Å². The number of aliphatic carboxylic acids is 1. The van der Waals surface area contributed by atoms with Gasteiger partial charge < -0.3 is 25.0 Å². The molecular weight excluding hydrogens is 560 g/mol. The molecule has 39 heavy (non-hydrogen) atoms. The third kappa shape index (κ3) is 6.93.